The van der Waals surface area contributed by atoms with Crippen molar-refractivity contribution in [2.45, 2.75) is 13.3 Å². The number of hydrogen-bond donors (Lipinski definition) is 2. The smallest absolute Gasteiger partial charge is 0.321 e. The predicted octanol–water partition coefficient (Wildman–Crippen LogP) is 1.83. The molecular weight excluding hydrogens is 332 g/mol. The summed E-state index contributed by atoms with van der Waals surface area (Å²) in [5.41, 5.74) is 1.63. The number of nitrogens with zero attached hydrogens (tertiary/aromatic N) is 4. The van der Waals surface area contributed by atoms with Gasteiger partial charge in [0.2, 0.25) is 0 Å². The van der Waals surface area contributed by atoms with E-state index in [4.69, 9.17) is 4.74 Å². The van der Waals surface area contributed by atoms with Gasteiger partial charge >= 0.3 is 6.03 Å². The number of amides is 2. The quantitative estimate of drug-likeness (QED) is 0.823. The van der Waals surface area contributed by atoms with Crippen molar-refractivity contribution in [3.8, 4) is 11.4 Å². The van der Waals surface area contributed by atoms with Crippen molar-refractivity contribution in [1.29, 1.82) is 0 Å². The highest BCUT2D eigenvalue weighted by molar-refractivity contribution is 5.90. The molecule has 1 aliphatic rings. The Morgan fingerprint density at radius 3 is 2.81 bits per heavy atom. The van der Waals surface area contributed by atoms with Gasteiger partial charge in [-0.25, -0.2) is 9.78 Å². The van der Waals surface area contributed by atoms with Gasteiger partial charge in [-0.15, -0.1) is 0 Å². The fraction of sp³-hybridized carbons (Fsp3) is 0.500. The van der Waals surface area contributed by atoms with Crippen molar-refractivity contribution in [1.82, 2.24) is 25.0 Å². The summed E-state index contributed by atoms with van der Waals surface area (Å²) in [6.45, 7) is 6.83. The van der Waals surface area contributed by atoms with Crippen LogP contribution in [-0.2, 0) is 11.2 Å². The lowest BCUT2D eigenvalue weighted by Crippen LogP contribution is -2.50. The molecule has 0 unspecified atom stereocenters. The van der Waals surface area contributed by atoms with E-state index < -0.39 is 0 Å². The molecule has 0 radical (unpaired) electrons. The van der Waals surface area contributed by atoms with Crippen LogP contribution in [0.4, 0.5) is 10.5 Å². The third-order valence-electron chi connectivity index (χ3n) is 4.51. The first-order valence-corrected chi connectivity index (χ1v) is 8.98. The van der Waals surface area contributed by atoms with E-state index in [1.54, 1.807) is 7.11 Å². The number of ether oxygens (including phenoxy) is 1. The van der Waals surface area contributed by atoms with Crippen LogP contribution < -0.4 is 5.32 Å². The molecule has 2 amide bonds. The molecule has 1 saturated heterocycles. The van der Waals surface area contributed by atoms with Gasteiger partial charge in [-0.05, 0) is 12.1 Å². The Balaban J connectivity index is 1.57. The van der Waals surface area contributed by atoms with Gasteiger partial charge in [-0.1, -0.05) is 19.1 Å². The normalized spacial score (nSPS) is 15.2. The molecule has 0 aliphatic carbocycles. The number of anilines is 1. The maximum absolute atomic E-state index is 12.5. The lowest BCUT2D eigenvalue weighted by atomic mass is 10.2. The van der Waals surface area contributed by atoms with Crippen LogP contribution in [0.5, 0.6) is 0 Å². The fourth-order valence-electron chi connectivity index (χ4n) is 2.92. The van der Waals surface area contributed by atoms with Crippen molar-refractivity contribution in [2.24, 2.45) is 0 Å². The zero-order valence-electron chi connectivity index (χ0n) is 15.4. The standard InChI is InChI=1S/C18H26N6O2/c1-3-16-20-17(22-21-16)14-5-4-6-15(13-14)19-18(25)24-9-7-23(8-10-24)11-12-26-2/h4-6,13H,3,7-12H2,1-2H3,(H,19,25)(H,20,21,22). The zero-order chi connectivity index (χ0) is 18.4. The summed E-state index contributed by atoms with van der Waals surface area (Å²) >= 11 is 0. The summed E-state index contributed by atoms with van der Waals surface area (Å²) in [6, 6.07) is 7.54. The molecule has 8 nitrogen and oxygen atoms in total. The van der Waals surface area contributed by atoms with E-state index in [9.17, 15) is 4.79 Å². The third-order valence-corrected chi connectivity index (χ3v) is 4.51. The summed E-state index contributed by atoms with van der Waals surface area (Å²) < 4.78 is 5.11. The van der Waals surface area contributed by atoms with E-state index in [-0.39, 0.29) is 6.03 Å². The van der Waals surface area contributed by atoms with E-state index in [1.165, 1.54) is 0 Å². The van der Waals surface area contributed by atoms with Crippen molar-refractivity contribution in [3.05, 3.63) is 30.1 Å². The van der Waals surface area contributed by atoms with Gasteiger partial charge in [0, 0.05) is 57.5 Å². The maximum Gasteiger partial charge on any atom is 0.321 e. The number of hydrogen-bond acceptors (Lipinski definition) is 5. The number of benzene rings is 1. The average Bonchev–Trinajstić information content (AvgIpc) is 3.16. The van der Waals surface area contributed by atoms with Crippen LogP contribution in [0.3, 0.4) is 0 Å². The number of H-pyrrole nitrogens is 1. The summed E-state index contributed by atoms with van der Waals surface area (Å²) in [5.74, 6) is 1.49. The van der Waals surface area contributed by atoms with Crippen LogP contribution >= 0.6 is 0 Å². The summed E-state index contributed by atoms with van der Waals surface area (Å²) in [4.78, 5) is 21.1. The Kier molecular flexibility index (Phi) is 6.19. The predicted molar refractivity (Wildman–Crippen MR) is 100 cm³/mol. The molecule has 2 heterocycles. The molecule has 1 fully saturated rings. The molecule has 26 heavy (non-hydrogen) atoms. The first-order valence-electron chi connectivity index (χ1n) is 8.98. The van der Waals surface area contributed by atoms with Gasteiger partial charge in [0.15, 0.2) is 5.82 Å². The Labute approximate surface area is 153 Å². The van der Waals surface area contributed by atoms with Gasteiger partial charge in [0.25, 0.3) is 0 Å². The molecule has 8 heteroatoms. The van der Waals surface area contributed by atoms with Gasteiger partial charge in [0.1, 0.15) is 5.82 Å². The number of urea groups is 1. The Morgan fingerprint density at radius 2 is 2.12 bits per heavy atom. The Morgan fingerprint density at radius 1 is 1.31 bits per heavy atom. The van der Waals surface area contributed by atoms with Crippen LogP contribution in [0.15, 0.2) is 24.3 Å². The summed E-state index contributed by atoms with van der Waals surface area (Å²) in [7, 11) is 1.71. The zero-order valence-corrected chi connectivity index (χ0v) is 15.4. The number of nitrogens with one attached hydrogen (secondary N) is 2. The highest BCUT2D eigenvalue weighted by Crippen LogP contribution is 2.20. The third kappa shape index (κ3) is 4.59. The molecule has 0 spiro atoms. The van der Waals surface area contributed by atoms with Crippen molar-refractivity contribution < 1.29 is 9.53 Å². The largest absolute Gasteiger partial charge is 0.383 e. The molecule has 2 N–H and O–H groups in total. The minimum absolute atomic E-state index is 0.0715. The number of methoxy groups -OCH3 is 1. The number of piperazine rings is 1. The van der Waals surface area contributed by atoms with Crippen molar-refractivity contribution in [2.75, 3.05) is 51.8 Å². The second-order valence-electron chi connectivity index (χ2n) is 6.29. The minimum atomic E-state index is -0.0715. The highest BCUT2D eigenvalue weighted by Gasteiger charge is 2.21. The number of aromatic amines is 1. The highest BCUT2D eigenvalue weighted by atomic mass is 16.5. The number of rotatable bonds is 6. The lowest BCUT2D eigenvalue weighted by Gasteiger charge is -2.34. The number of aryl methyl sites for hydroxylation is 1. The molecular formula is C18H26N6O2. The molecule has 1 aliphatic heterocycles. The molecule has 3 rings (SSSR count). The molecule has 0 atom stereocenters. The van der Waals surface area contributed by atoms with Crippen molar-refractivity contribution >= 4 is 11.7 Å². The average molecular weight is 358 g/mol. The minimum Gasteiger partial charge on any atom is -0.383 e. The SMILES string of the molecule is CCc1nc(-c2cccc(NC(=O)N3CCN(CCOC)CC3)c2)n[nH]1. The molecule has 1 aromatic carbocycles. The van der Waals surface area contributed by atoms with Gasteiger partial charge < -0.3 is 15.0 Å². The molecule has 140 valence electrons. The van der Waals surface area contributed by atoms with Gasteiger partial charge in [0.05, 0.1) is 6.61 Å². The van der Waals surface area contributed by atoms with Gasteiger partial charge in [-0.3, -0.25) is 10.00 Å². The topological polar surface area (TPSA) is 86.4 Å². The van der Waals surface area contributed by atoms with E-state index in [0.29, 0.717) is 5.82 Å². The van der Waals surface area contributed by atoms with Crippen LogP contribution in [0.2, 0.25) is 0 Å². The summed E-state index contributed by atoms with van der Waals surface area (Å²) in [5, 5.41) is 10.1. The first-order chi connectivity index (χ1) is 12.7. The van der Waals surface area contributed by atoms with E-state index in [2.05, 4.69) is 25.4 Å². The van der Waals surface area contributed by atoms with E-state index >= 15 is 0 Å². The molecule has 1 aromatic heterocycles. The monoisotopic (exact) mass is 358 g/mol. The maximum atomic E-state index is 12.5. The molecule has 0 bridgehead atoms. The van der Waals surface area contributed by atoms with E-state index in [1.807, 2.05) is 36.1 Å². The second kappa shape index (κ2) is 8.77. The first kappa shape index (κ1) is 18.3. The number of carbonyl (C=O) groups excluding carboxylic acids is 1. The van der Waals surface area contributed by atoms with Crippen LogP contribution in [0.25, 0.3) is 11.4 Å². The Hall–Kier alpha value is -2.45. The van der Waals surface area contributed by atoms with Crippen LogP contribution in [0.1, 0.15) is 12.7 Å². The molecule has 2 aromatic rings. The Bertz CT molecular complexity index is 724. The molecule has 0 saturated carbocycles. The number of aromatic nitrogens is 3. The van der Waals surface area contributed by atoms with Gasteiger partial charge in [-0.2, -0.15) is 5.10 Å². The van der Waals surface area contributed by atoms with E-state index in [0.717, 1.165) is 62.8 Å². The fourth-order valence-corrected chi connectivity index (χ4v) is 2.92. The van der Waals surface area contributed by atoms with Crippen molar-refractivity contribution in [3.63, 3.8) is 0 Å². The number of carbonyl (C=O) groups is 1. The second-order valence-corrected chi connectivity index (χ2v) is 6.29. The van der Waals surface area contributed by atoms with Crippen LogP contribution in [0, 0.1) is 0 Å². The lowest BCUT2D eigenvalue weighted by molar-refractivity contribution is 0.109. The van der Waals surface area contributed by atoms with Crippen LogP contribution in [-0.4, -0.2) is 77.5 Å². The summed E-state index contributed by atoms with van der Waals surface area (Å²) in [6.07, 6.45) is 0.805.